The molecule has 1 amide bonds. The Morgan fingerprint density at radius 1 is 1.44 bits per heavy atom. The summed E-state index contributed by atoms with van der Waals surface area (Å²) >= 11 is 1.49. The van der Waals surface area contributed by atoms with E-state index in [1.54, 1.807) is 0 Å². The van der Waals surface area contributed by atoms with Crippen LogP contribution >= 0.6 is 11.3 Å². The molecule has 18 heavy (non-hydrogen) atoms. The topological polar surface area (TPSA) is 67.2 Å². The lowest BCUT2D eigenvalue weighted by Crippen LogP contribution is -2.23. The van der Waals surface area contributed by atoms with Gasteiger partial charge in [-0.15, -0.1) is 11.3 Å². The van der Waals surface area contributed by atoms with Gasteiger partial charge in [-0.2, -0.15) is 0 Å². The van der Waals surface area contributed by atoms with E-state index in [1.807, 2.05) is 6.92 Å². The summed E-state index contributed by atoms with van der Waals surface area (Å²) in [6.45, 7) is 5.66. The molecule has 1 aliphatic rings. The second-order valence-corrected chi connectivity index (χ2v) is 5.67. The van der Waals surface area contributed by atoms with Gasteiger partial charge in [-0.1, -0.05) is 6.92 Å². The van der Waals surface area contributed by atoms with Crippen molar-refractivity contribution in [3.05, 3.63) is 10.4 Å². The van der Waals surface area contributed by atoms with Gasteiger partial charge in [0.2, 0.25) is 0 Å². The Hall–Kier alpha value is -1.23. The van der Waals surface area contributed by atoms with Crippen LogP contribution in [0.5, 0.6) is 0 Å². The van der Waals surface area contributed by atoms with Gasteiger partial charge in [-0.05, 0) is 32.1 Å². The van der Waals surface area contributed by atoms with Crippen molar-refractivity contribution in [1.82, 2.24) is 5.32 Å². The first-order valence-electron chi connectivity index (χ1n) is 6.63. The average molecular weight is 267 g/mol. The van der Waals surface area contributed by atoms with E-state index >= 15 is 0 Å². The number of hydrogen-bond donors (Lipinski definition) is 3. The van der Waals surface area contributed by atoms with Gasteiger partial charge in [0.25, 0.3) is 5.91 Å². The summed E-state index contributed by atoms with van der Waals surface area (Å²) in [7, 11) is 0. The average Bonchev–Trinajstić information content (AvgIpc) is 3.13. The fourth-order valence-electron chi connectivity index (χ4n) is 2.01. The molecular formula is C13H21N3OS. The number of carbonyl (C=O) groups excluding carboxylic acids is 1. The molecule has 1 aliphatic carbocycles. The van der Waals surface area contributed by atoms with Crippen LogP contribution in [0.4, 0.5) is 10.7 Å². The van der Waals surface area contributed by atoms with E-state index in [0.29, 0.717) is 23.0 Å². The van der Waals surface area contributed by atoms with E-state index in [0.717, 1.165) is 18.0 Å². The first-order valence-corrected chi connectivity index (χ1v) is 7.44. The molecule has 1 aromatic rings. The maximum Gasteiger partial charge on any atom is 0.263 e. The molecule has 0 spiro atoms. The zero-order valence-electron chi connectivity index (χ0n) is 11.0. The Morgan fingerprint density at radius 3 is 2.72 bits per heavy atom. The molecule has 0 unspecified atom stereocenters. The summed E-state index contributed by atoms with van der Waals surface area (Å²) in [6.07, 6.45) is 3.32. The van der Waals surface area contributed by atoms with Crippen molar-refractivity contribution in [2.24, 2.45) is 0 Å². The van der Waals surface area contributed by atoms with Crippen molar-refractivity contribution < 1.29 is 4.79 Å². The Labute approximate surface area is 112 Å². The number of anilines is 2. The van der Waals surface area contributed by atoms with Gasteiger partial charge in [-0.3, -0.25) is 4.79 Å². The quantitative estimate of drug-likeness (QED) is 0.742. The van der Waals surface area contributed by atoms with Crippen LogP contribution in [-0.2, 0) is 0 Å². The van der Waals surface area contributed by atoms with Gasteiger partial charge < -0.3 is 16.4 Å². The molecule has 0 bridgehead atoms. The molecule has 0 aliphatic heterocycles. The van der Waals surface area contributed by atoms with Crippen LogP contribution < -0.4 is 16.4 Å². The van der Waals surface area contributed by atoms with E-state index in [1.165, 1.54) is 29.7 Å². The predicted molar refractivity (Wildman–Crippen MR) is 77.5 cm³/mol. The molecule has 1 saturated carbocycles. The Balaban J connectivity index is 2.24. The van der Waals surface area contributed by atoms with Crippen molar-refractivity contribution in [2.45, 2.75) is 39.0 Å². The summed E-state index contributed by atoms with van der Waals surface area (Å²) in [5.41, 5.74) is 8.01. The molecule has 4 nitrogen and oxygen atoms in total. The number of carbonyl (C=O) groups is 1. The molecule has 0 atom stereocenters. The molecule has 1 aromatic heterocycles. The molecule has 1 heterocycles. The molecule has 1 fully saturated rings. The van der Waals surface area contributed by atoms with Crippen LogP contribution in [0, 0.1) is 0 Å². The Kier molecular flexibility index (Phi) is 4.11. The smallest absolute Gasteiger partial charge is 0.263 e. The van der Waals surface area contributed by atoms with Crippen molar-refractivity contribution in [1.29, 1.82) is 0 Å². The highest BCUT2D eigenvalue weighted by Gasteiger charge is 2.32. The van der Waals surface area contributed by atoms with Crippen LogP contribution in [0.1, 0.15) is 54.3 Å². The lowest BCUT2D eigenvalue weighted by atomic mass is 10.1. The van der Waals surface area contributed by atoms with E-state index in [9.17, 15) is 4.79 Å². The standard InChI is InChI=1S/C13H21N3OS/c1-3-7-16-12(17)11-10(14)9(8-5-6-8)13(18-11)15-4-2/h8,15H,3-7,14H2,1-2H3,(H,16,17). The predicted octanol–water partition coefficient (Wildman–Crippen LogP) is 2.78. The number of amides is 1. The normalized spacial score (nSPS) is 14.6. The van der Waals surface area contributed by atoms with Crippen LogP contribution in [-0.4, -0.2) is 19.0 Å². The largest absolute Gasteiger partial charge is 0.397 e. The number of nitrogens with two attached hydrogens (primary N) is 1. The molecule has 100 valence electrons. The molecule has 2 rings (SSSR count). The van der Waals surface area contributed by atoms with Gasteiger partial charge >= 0.3 is 0 Å². The maximum atomic E-state index is 12.0. The van der Waals surface area contributed by atoms with E-state index < -0.39 is 0 Å². The van der Waals surface area contributed by atoms with Crippen molar-refractivity contribution in [3.8, 4) is 0 Å². The number of thiophene rings is 1. The minimum absolute atomic E-state index is 0.0367. The van der Waals surface area contributed by atoms with Gasteiger partial charge in [0.15, 0.2) is 0 Å². The monoisotopic (exact) mass is 267 g/mol. The van der Waals surface area contributed by atoms with Crippen LogP contribution in [0.2, 0.25) is 0 Å². The van der Waals surface area contributed by atoms with E-state index in [2.05, 4.69) is 17.6 Å². The molecule has 5 heteroatoms. The minimum atomic E-state index is -0.0367. The summed E-state index contributed by atoms with van der Waals surface area (Å²) in [5, 5.41) is 7.31. The first-order chi connectivity index (χ1) is 8.69. The lowest BCUT2D eigenvalue weighted by molar-refractivity contribution is 0.0958. The zero-order valence-corrected chi connectivity index (χ0v) is 11.8. The summed E-state index contributed by atoms with van der Waals surface area (Å²) in [5.74, 6) is 0.522. The minimum Gasteiger partial charge on any atom is -0.397 e. The number of rotatable bonds is 6. The highest BCUT2D eigenvalue weighted by Crippen LogP contribution is 2.50. The number of hydrogen-bond acceptors (Lipinski definition) is 4. The van der Waals surface area contributed by atoms with E-state index in [4.69, 9.17) is 5.73 Å². The third kappa shape index (κ3) is 2.61. The molecule has 0 saturated heterocycles. The van der Waals surface area contributed by atoms with Gasteiger partial charge in [0, 0.05) is 18.7 Å². The van der Waals surface area contributed by atoms with Crippen molar-refractivity contribution in [2.75, 3.05) is 24.1 Å². The zero-order chi connectivity index (χ0) is 13.1. The van der Waals surface area contributed by atoms with Gasteiger partial charge in [0.1, 0.15) is 4.88 Å². The fourth-order valence-corrected chi connectivity index (χ4v) is 3.21. The summed E-state index contributed by atoms with van der Waals surface area (Å²) in [6, 6.07) is 0. The van der Waals surface area contributed by atoms with Gasteiger partial charge in [0.05, 0.1) is 10.7 Å². The first kappa shape index (κ1) is 13.2. The highest BCUT2D eigenvalue weighted by atomic mass is 32.1. The molecule has 0 radical (unpaired) electrons. The van der Waals surface area contributed by atoms with Crippen molar-refractivity contribution >= 4 is 27.9 Å². The van der Waals surface area contributed by atoms with Crippen LogP contribution in [0.25, 0.3) is 0 Å². The number of nitrogen functional groups attached to an aromatic ring is 1. The van der Waals surface area contributed by atoms with Gasteiger partial charge in [-0.25, -0.2) is 0 Å². The highest BCUT2D eigenvalue weighted by molar-refractivity contribution is 7.18. The van der Waals surface area contributed by atoms with Crippen LogP contribution in [0.15, 0.2) is 0 Å². The Bertz CT molecular complexity index is 438. The van der Waals surface area contributed by atoms with E-state index in [-0.39, 0.29) is 5.91 Å². The maximum absolute atomic E-state index is 12.0. The number of nitrogens with one attached hydrogen (secondary N) is 2. The van der Waals surface area contributed by atoms with Crippen LogP contribution in [0.3, 0.4) is 0 Å². The fraction of sp³-hybridized carbons (Fsp3) is 0.615. The molecule has 0 aromatic carbocycles. The third-order valence-corrected chi connectivity index (χ3v) is 4.23. The molecular weight excluding hydrogens is 246 g/mol. The summed E-state index contributed by atoms with van der Waals surface area (Å²) in [4.78, 5) is 12.7. The second kappa shape index (κ2) is 5.61. The third-order valence-electron chi connectivity index (χ3n) is 3.05. The Morgan fingerprint density at radius 2 is 2.17 bits per heavy atom. The molecule has 4 N–H and O–H groups in total. The van der Waals surface area contributed by atoms with Crippen molar-refractivity contribution in [3.63, 3.8) is 0 Å². The second-order valence-electron chi connectivity index (χ2n) is 4.65. The summed E-state index contributed by atoms with van der Waals surface area (Å²) < 4.78 is 0. The lowest BCUT2D eigenvalue weighted by Gasteiger charge is -2.04. The SMILES string of the molecule is CCCNC(=O)c1sc(NCC)c(C2CC2)c1N.